The Kier molecular flexibility index (Phi) is 2.83. The maximum absolute atomic E-state index is 2.41. The monoisotopic (exact) mass is 362 g/mol. The number of fused-ring (bicyclic) bond motifs is 3. The third-order valence-electron chi connectivity index (χ3n) is 5.11. The number of halogens is 1. The predicted molar refractivity (Wildman–Crippen MR) is 90.6 cm³/mol. The van der Waals surface area contributed by atoms with Crippen LogP contribution in [0.3, 0.4) is 0 Å². The standard InChI is InChI=1S/C18H19I/c1-17(2)15-8-6-5-7-13(15)14-10-9-12(19)11-16(14)18(17,3)4/h5-11H,1-4H3. The van der Waals surface area contributed by atoms with Gasteiger partial charge in [0.25, 0.3) is 0 Å². The van der Waals surface area contributed by atoms with Crippen LogP contribution in [0.4, 0.5) is 0 Å². The number of hydrogen-bond donors (Lipinski definition) is 0. The van der Waals surface area contributed by atoms with Crippen LogP contribution in [-0.2, 0) is 10.8 Å². The SMILES string of the molecule is CC1(C)c2ccccc2-c2ccc(I)cc2C1(C)C. The highest BCUT2D eigenvalue weighted by atomic mass is 127. The zero-order valence-corrected chi connectivity index (χ0v) is 14.1. The summed E-state index contributed by atoms with van der Waals surface area (Å²) in [6, 6.07) is 15.7. The van der Waals surface area contributed by atoms with Crippen molar-refractivity contribution in [3.8, 4) is 11.1 Å². The maximum atomic E-state index is 2.41. The normalized spacial score (nSPS) is 18.6. The number of benzene rings is 2. The molecular formula is C18H19I. The van der Waals surface area contributed by atoms with Crippen LogP contribution >= 0.6 is 22.6 Å². The minimum Gasteiger partial charge on any atom is -0.0619 e. The maximum Gasteiger partial charge on any atom is 0.0133 e. The smallest absolute Gasteiger partial charge is 0.0133 e. The van der Waals surface area contributed by atoms with Crippen molar-refractivity contribution in [2.75, 3.05) is 0 Å². The van der Waals surface area contributed by atoms with E-state index in [9.17, 15) is 0 Å². The van der Waals surface area contributed by atoms with Gasteiger partial charge in [0.15, 0.2) is 0 Å². The molecule has 0 heterocycles. The Morgan fingerprint density at radius 2 is 1.32 bits per heavy atom. The van der Waals surface area contributed by atoms with Gasteiger partial charge in [-0.25, -0.2) is 0 Å². The first kappa shape index (κ1) is 13.2. The average molecular weight is 362 g/mol. The summed E-state index contributed by atoms with van der Waals surface area (Å²) in [5.74, 6) is 0. The Morgan fingerprint density at radius 1 is 0.737 bits per heavy atom. The lowest BCUT2D eigenvalue weighted by molar-refractivity contribution is 0.299. The predicted octanol–water partition coefficient (Wildman–Crippen LogP) is 5.53. The molecule has 1 heteroatoms. The van der Waals surface area contributed by atoms with Crippen molar-refractivity contribution in [2.45, 2.75) is 38.5 Å². The Bertz CT molecular complexity index is 650. The molecule has 1 aliphatic rings. The van der Waals surface area contributed by atoms with Gasteiger partial charge in [-0.1, -0.05) is 58.0 Å². The van der Waals surface area contributed by atoms with Crippen LogP contribution in [0, 0.1) is 3.57 Å². The largest absolute Gasteiger partial charge is 0.0619 e. The second kappa shape index (κ2) is 4.08. The van der Waals surface area contributed by atoms with Gasteiger partial charge >= 0.3 is 0 Å². The van der Waals surface area contributed by atoms with E-state index in [2.05, 4.69) is 92.8 Å². The highest BCUT2D eigenvalue weighted by molar-refractivity contribution is 14.1. The summed E-state index contributed by atoms with van der Waals surface area (Å²) in [6.07, 6.45) is 0. The van der Waals surface area contributed by atoms with Gasteiger partial charge in [0.1, 0.15) is 0 Å². The van der Waals surface area contributed by atoms with E-state index in [4.69, 9.17) is 0 Å². The molecule has 0 radical (unpaired) electrons. The fourth-order valence-corrected chi connectivity index (χ4v) is 3.70. The van der Waals surface area contributed by atoms with Gasteiger partial charge in [0.05, 0.1) is 0 Å². The summed E-state index contributed by atoms with van der Waals surface area (Å²) < 4.78 is 1.32. The fourth-order valence-electron chi connectivity index (χ4n) is 3.20. The Hall–Kier alpha value is -0.830. The summed E-state index contributed by atoms with van der Waals surface area (Å²) >= 11 is 2.41. The molecule has 0 saturated carbocycles. The van der Waals surface area contributed by atoms with E-state index in [1.807, 2.05) is 0 Å². The topological polar surface area (TPSA) is 0 Å². The lowest BCUT2D eigenvalue weighted by Crippen LogP contribution is -2.43. The Balaban J connectivity index is 2.43. The van der Waals surface area contributed by atoms with Crippen molar-refractivity contribution in [1.82, 2.24) is 0 Å². The van der Waals surface area contributed by atoms with Gasteiger partial charge in [0.2, 0.25) is 0 Å². The molecule has 0 saturated heterocycles. The van der Waals surface area contributed by atoms with Crippen molar-refractivity contribution >= 4 is 22.6 Å². The van der Waals surface area contributed by atoms with Crippen LogP contribution < -0.4 is 0 Å². The van der Waals surface area contributed by atoms with Crippen LogP contribution in [0.1, 0.15) is 38.8 Å². The molecule has 0 N–H and O–H groups in total. The zero-order chi connectivity index (χ0) is 13.8. The second-order valence-corrected chi connectivity index (χ2v) is 7.73. The van der Waals surface area contributed by atoms with E-state index in [0.29, 0.717) is 0 Å². The molecular weight excluding hydrogens is 343 g/mol. The molecule has 0 unspecified atom stereocenters. The van der Waals surface area contributed by atoms with Crippen LogP contribution in [-0.4, -0.2) is 0 Å². The van der Waals surface area contributed by atoms with E-state index in [1.165, 1.54) is 25.8 Å². The van der Waals surface area contributed by atoms with Gasteiger partial charge in [-0.15, -0.1) is 0 Å². The van der Waals surface area contributed by atoms with Gasteiger partial charge in [-0.05, 0) is 67.8 Å². The molecule has 19 heavy (non-hydrogen) atoms. The van der Waals surface area contributed by atoms with Crippen LogP contribution in [0.2, 0.25) is 0 Å². The molecule has 0 aliphatic heterocycles. The molecule has 1 aliphatic carbocycles. The highest BCUT2D eigenvalue weighted by Gasteiger charge is 2.45. The van der Waals surface area contributed by atoms with E-state index in [0.717, 1.165) is 0 Å². The van der Waals surface area contributed by atoms with Gasteiger partial charge in [0, 0.05) is 3.57 Å². The molecule has 0 amide bonds. The number of rotatable bonds is 0. The first-order chi connectivity index (χ1) is 8.85. The minimum absolute atomic E-state index is 0.137. The van der Waals surface area contributed by atoms with E-state index >= 15 is 0 Å². The van der Waals surface area contributed by atoms with Gasteiger partial charge in [-0.3, -0.25) is 0 Å². The summed E-state index contributed by atoms with van der Waals surface area (Å²) in [5, 5.41) is 0. The van der Waals surface area contributed by atoms with E-state index in [-0.39, 0.29) is 10.8 Å². The molecule has 0 atom stereocenters. The summed E-state index contributed by atoms with van der Waals surface area (Å²) in [5.41, 5.74) is 6.02. The molecule has 0 bridgehead atoms. The molecule has 98 valence electrons. The average Bonchev–Trinajstić information content (AvgIpc) is 2.37. The summed E-state index contributed by atoms with van der Waals surface area (Å²) in [4.78, 5) is 0. The zero-order valence-electron chi connectivity index (χ0n) is 11.9. The second-order valence-electron chi connectivity index (χ2n) is 6.49. The summed E-state index contributed by atoms with van der Waals surface area (Å²) in [6.45, 7) is 9.49. The summed E-state index contributed by atoms with van der Waals surface area (Å²) in [7, 11) is 0. The van der Waals surface area contributed by atoms with Crippen molar-refractivity contribution in [3.63, 3.8) is 0 Å². The lowest BCUT2D eigenvalue weighted by atomic mass is 9.55. The van der Waals surface area contributed by atoms with Crippen molar-refractivity contribution in [3.05, 3.63) is 57.2 Å². The van der Waals surface area contributed by atoms with Gasteiger partial charge < -0.3 is 0 Å². The van der Waals surface area contributed by atoms with Crippen LogP contribution in [0.15, 0.2) is 42.5 Å². The first-order valence-corrected chi connectivity index (χ1v) is 7.83. The molecule has 0 spiro atoms. The van der Waals surface area contributed by atoms with Crippen molar-refractivity contribution < 1.29 is 0 Å². The lowest BCUT2D eigenvalue weighted by Gasteiger charge is -2.48. The molecule has 2 aromatic carbocycles. The van der Waals surface area contributed by atoms with Crippen LogP contribution in [0.5, 0.6) is 0 Å². The van der Waals surface area contributed by atoms with E-state index in [1.54, 1.807) is 0 Å². The molecule has 0 fully saturated rings. The number of hydrogen-bond acceptors (Lipinski definition) is 0. The molecule has 2 aromatic rings. The molecule has 0 nitrogen and oxygen atoms in total. The Labute approximate surface area is 129 Å². The highest BCUT2D eigenvalue weighted by Crippen LogP contribution is 2.53. The van der Waals surface area contributed by atoms with Gasteiger partial charge in [-0.2, -0.15) is 0 Å². The Morgan fingerprint density at radius 3 is 2.05 bits per heavy atom. The fraction of sp³-hybridized carbons (Fsp3) is 0.333. The molecule has 3 rings (SSSR count). The molecule has 0 aromatic heterocycles. The van der Waals surface area contributed by atoms with Crippen molar-refractivity contribution in [1.29, 1.82) is 0 Å². The van der Waals surface area contributed by atoms with Crippen LogP contribution in [0.25, 0.3) is 11.1 Å². The third kappa shape index (κ3) is 1.70. The third-order valence-corrected chi connectivity index (χ3v) is 5.78. The van der Waals surface area contributed by atoms with Crippen molar-refractivity contribution in [2.24, 2.45) is 0 Å². The minimum atomic E-state index is 0.137. The first-order valence-electron chi connectivity index (χ1n) is 6.75. The van der Waals surface area contributed by atoms with E-state index < -0.39 is 0 Å². The quantitative estimate of drug-likeness (QED) is 0.541.